The highest BCUT2D eigenvalue weighted by molar-refractivity contribution is 6.66. The average molecular weight is 203 g/mol. The number of ether oxygens (including phenoxy) is 2. The van der Waals surface area contributed by atoms with Gasteiger partial charge in [0.1, 0.15) is 0 Å². The molecule has 14 heavy (non-hydrogen) atoms. The SMILES string of the molecule is C.CC(=O)OCOC(=O)[B][N+](C)(C)C. The first-order valence-corrected chi connectivity index (χ1v) is 3.78. The maximum Gasteiger partial charge on any atom is 0.578 e. The van der Waals surface area contributed by atoms with Crippen molar-refractivity contribution in [3.05, 3.63) is 0 Å². The molecule has 0 aromatic rings. The van der Waals surface area contributed by atoms with Gasteiger partial charge in [0.2, 0.25) is 6.79 Å². The molecule has 0 fully saturated rings. The van der Waals surface area contributed by atoms with Gasteiger partial charge < -0.3 is 13.9 Å². The second-order valence-corrected chi connectivity index (χ2v) is 3.46. The summed E-state index contributed by atoms with van der Waals surface area (Å²) in [6.45, 7) is 0.919. The molecule has 6 heteroatoms. The molecule has 0 N–H and O–H groups in total. The second-order valence-electron chi connectivity index (χ2n) is 3.46. The van der Waals surface area contributed by atoms with Gasteiger partial charge in [0, 0.05) is 28.1 Å². The number of hydrogen-bond acceptors (Lipinski definition) is 4. The van der Waals surface area contributed by atoms with Gasteiger partial charge in [0.25, 0.3) is 0 Å². The zero-order valence-corrected chi connectivity index (χ0v) is 8.36. The Morgan fingerprint density at radius 2 is 1.71 bits per heavy atom. The molecule has 0 amide bonds. The van der Waals surface area contributed by atoms with E-state index in [2.05, 4.69) is 9.47 Å². The first-order valence-electron chi connectivity index (χ1n) is 3.78. The Balaban J connectivity index is 0. The molecule has 0 aliphatic heterocycles. The average Bonchev–Trinajstić information content (AvgIpc) is 1.81. The van der Waals surface area contributed by atoms with Crippen molar-refractivity contribution in [2.75, 3.05) is 27.9 Å². The van der Waals surface area contributed by atoms with Crippen molar-refractivity contribution >= 4 is 19.3 Å². The quantitative estimate of drug-likeness (QED) is 0.381. The first kappa shape index (κ1) is 15.4. The van der Waals surface area contributed by atoms with Crippen molar-refractivity contribution in [2.24, 2.45) is 0 Å². The standard InChI is InChI=1S/C7H14BNO4.CH4/c1-6(10)12-5-13-7(11)8-9(2,3)4;/h5H2,1-4H3;1H4/q+1;. The summed E-state index contributed by atoms with van der Waals surface area (Å²) >= 11 is 0. The van der Waals surface area contributed by atoms with Crippen molar-refractivity contribution in [1.82, 2.24) is 0 Å². The van der Waals surface area contributed by atoms with Gasteiger partial charge in [-0.25, -0.2) is 0 Å². The molecule has 0 saturated carbocycles. The molecule has 1 radical (unpaired) electrons. The number of nitrogens with zero attached hydrogens (tertiary/aromatic N) is 1. The third-order valence-electron chi connectivity index (χ3n) is 0.956. The van der Waals surface area contributed by atoms with Crippen molar-refractivity contribution < 1.29 is 23.5 Å². The van der Waals surface area contributed by atoms with Gasteiger partial charge in [-0.05, 0) is 0 Å². The highest BCUT2D eigenvalue weighted by Gasteiger charge is 2.23. The molecule has 0 heterocycles. The molecule has 0 aromatic heterocycles. The lowest BCUT2D eigenvalue weighted by Crippen LogP contribution is -2.43. The highest BCUT2D eigenvalue weighted by Crippen LogP contribution is 1.90. The van der Waals surface area contributed by atoms with Crippen LogP contribution in [0, 0.1) is 0 Å². The molecule has 0 aliphatic carbocycles. The van der Waals surface area contributed by atoms with E-state index >= 15 is 0 Å². The van der Waals surface area contributed by atoms with Crippen LogP contribution in [0.25, 0.3) is 0 Å². The van der Waals surface area contributed by atoms with Gasteiger partial charge in [-0.3, -0.25) is 9.59 Å². The molecule has 0 aliphatic rings. The summed E-state index contributed by atoms with van der Waals surface area (Å²) in [5.74, 6) is -0.980. The minimum absolute atomic E-state index is 0. The maximum atomic E-state index is 11.0. The van der Waals surface area contributed by atoms with Gasteiger partial charge in [-0.2, -0.15) is 0 Å². The predicted molar refractivity (Wildman–Crippen MR) is 53.6 cm³/mol. The summed E-state index contributed by atoms with van der Waals surface area (Å²) in [5, 5.41) is 0. The fraction of sp³-hybridized carbons (Fsp3) is 0.750. The number of quaternary nitrogens is 1. The van der Waals surface area contributed by atoms with Crippen LogP contribution in [0.15, 0.2) is 0 Å². The number of carbonyl (C=O) groups is 2. The van der Waals surface area contributed by atoms with E-state index in [9.17, 15) is 9.59 Å². The van der Waals surface area contributed by atoms with E-state index < -0.39 is 11.8 Å². The Hall–Kier alpha value is -1.04. The van der Waals surface area contributed by atoms with E-state index in [-0.39, 0.29) is 14.2 Å². The van der Waals surface area contributed by atoms with Crippen LogP contribution in [0.2, 0.25) is 0 Å². The van der Waals surface area contributed by atoms with Gasteiger partial charge in [-0.15, -0.1) is 0 Å². The van der Waals surface area contributed by atoms with E-state index in [1.54, 1.807) is 0 Å². The van der Waals surface area contributed by atoms with E-state index in [0.717, 1.165) is 0 Å². The van der Waals surface area contributed by atoms with E-state index in [1.165, 1.54) is 14.3 Å². The lowest BCUT2D eigenvalue weighted by molar-refractivity contribution is -0.753. The lowest BCUT2D eigenvalue weighted by atomic mass is 9.90. The number of hydrogen-bond donors (Lipinski definition) is 0. The van der Waals surface area contributed by atoms with Gasteiger partial charge in [0.15, 0.2) is 0 Å². The smallest absolute Gasteiger partial charge is 0.430 e. The molecule has 0 unspecified atom stereocenters. The summed E-state index contributed by atoms with van der Waals surface area (Å²) < 4.78 is 9.35. The Bertz CT molecular complexity index is 200. The van der Waals surface area contributed by atoms with Crippen molar-refractivity contribution in [2.45, 2.75) is 14.4 Å². The molecular formula is C8H18BNO4+. The lowest BCUT2D eigenvalue weighted by Gasteiger charge is -2.20. The zero-order valence-electron chi connectivity index (χ0n) is 8.36. The van der Waals surface area contributed by atoms with Crippen LogP contribution >= 0.6 is 0 Å². The Morgan fingerprint density at radius 3 is 2.07 bits per heavy atom. The number of esters is 1. The minimum Gasteiger partial charge on any atom is -0.430 e. The summed E-state index contributed by atoms with van der Waals surface area (Å²) in [6.07, 6.45) is 0. The van der Waals surface area contributed by atoms with Crippen LogP contribution in [0.5, 0.6) is 0 Å². The topological polar surface area (TPSA) is 52.6 Å². The van der Waals surface area contributed by atoms with Crippen molar-refractivity contribution in [1.29, 1.82) is 0 Å². The first-order chi connectivity index (χ1) is 5.81. The van der Waals surface area contributed by atoms with Crippen LogP contribution in [-0.2, 0) is 14.3 Å². The summed E-state index contributed by atoms with van der Waals surface area (Å²) in [4.78, 5) is 21.2. The number of rotatable bonds is 4. The monoisotopic (exact) mass is 203 g/mol. The Kier molecular flexibility index (Phi) is 7.08. The van der Waals surface area contributed by atoms with Crippen molar-refractivity contribution in [3.8, 4) is 0 Å². The molecule has 0 saturated heterocycles. The Morgan fingerprint density at radius 1 is 1.21 bits per heavy atom. The highest BCUT2D eigenvalue weighted by atomic mass is 16.7. The zero-order chi connectivity index (χ0) is 10.5. The molecule has 81 valence electrons. The van der Waals surface area contributed by atoms with Crippen LogP contribution < -0.4 is 0 Å². The number of carbonyl (C=O) groups excluding carboxylic acids is 2. The molecule has 0 rings (SSSR count). The van der Waals surface area contributed by atoms with Gasteiger partial charge in [0.05, 0.1) is 0 Å². The maximum absolute atomic E-state index is 11.0. The van der Waals surface area contributed by atoms with Crippen LogP contribution in [0.4, 0.5) is 4.79 Å². The molecule has 5 nitrogen and oxygen atoms in total. The summed E-state index contributed by atoms with van der Waals surface area (Å²) in [5.41, 5.74) is 0. The fourth-order valence-corrected chi connectivity index (χ4v) is 0.524. The van der Waals surface area contributed by atoms with Gasteiger partial charge >= 0.3 is 19.3 Å². The van der Waals surface area contributed by atoms with Gasteiger partial charge in [-0.1, -0.05) is 7.43 Å². The van der Waals surface area contributed by atoms with E-state index in [1.807, 2.05) is 21.1 Å². The van der Waals surface area contributed by atoms with Crippen molar-refractivity contribution in [3.63, 3.8) is 0 Å². The second kappa shape index (κ2) is 6.42. The molecule has 0 bridgehead atoms. The fourth-order valence-electron chi connectivity index (χ4n) is 0.524. The predicted octanol–water partition coefficient (Wildman–Crippen LogP) is 0.605. The van der Waals surface area contributed by atoms with E-state index in [0.29, 0.717) is 4.39 Å². The molecule has 0 aromatic carbocycles. The van der Waals surface area contributed by atoms with E-state index in [4.69, 9.17) is 0 Å². The normalized spacial score (nSPS) is 9.71. The third-order valence-corrected chi connectivity index (χ3v) is 0.956. The summed E-state index contributed by atoms with van der Waals surface area (Å²) in [7, 11) is 6.80. The molecule has 0 atom stereocenters. The Labute approximate surface area is 85.8 Å². The molecule has 0 spiro atoms. The molecular weight excluding hydrogens is 185 g/mol. The third kappa shape index (κ3) is 11.0. The minimum atomic E-state index is -0.506. The largest absolute Gasteiger partial charge is 0.578 e. The van der Waals surface area contributed by atoms with Crippen LogP contribution in [-0.4, -0.2) is 51.6 Å². The van der Waals surface area contributed by atoms with Crippen LogP contribution in [0.3, 0.4) is 0 Å². The van der Waals surface area contributed by atoms with Crippen LogP contribution in [0.1, 0.15) is 14.4 Å². The summed E-state index contributed by atoms with van der Waals surface area (Å²) in [6, 6.07) is 0.